The SMILES string of the molecule is COC(=O)[C@@H](O)[C@H](NC(=O)OC(C)(C)C)c1cccc2ccc(OC)nc12. The summed E-state index contributed by atoms with van der Waals surface area (Å²) in [6.07, 6.45) is -2.43. The fourth-order valence-electron chi connectivity index (χ4n) is 2.53. The molecule has 0 unspecified atom stereocenters. The molecule has 0 aliphatic carbocycles. The van der Waals surface area contributed by atoms with Crippen molar-refractivity contribution in [1.29, 1.82) is 0 Å². The molecule has 1 amide bonds. The highest BCUT2D eigenvalue weighted by atomic mass is 16.6. The number of para-hydroxylation sites is 1. The summed E-state index contributed by atoms with van der Waals surface area (Å²) < 4.78 is 15.0. The first-order valence-electron chi connectivity index (χ1n) is 8.35. The number of ether oxygens (including phenoxy) is 3. The number of alkyl carbamates (subject to hydrolysis) is 1. The lowest BCUT2D eigenvalue weighted by Gasteiger charge is -2.26. The van der Waals surface area contributed by atoms with E-state index in [4.69, 9.17) is 9.47 Å². The number of hydrogen-bond acceptors (Lipinski definition) is 7. The van der Waals surface area contributed by atoms with E-state index < -0.39 is 29.8 Å². The quantitative estimate of drug-likeness (QED) is 0.771. The highest BCUT2D eigenvalue weighted by Gasteiger charge is 2.33. The van der Waals surface area contributed by atoms with Crippen molar-refractivity contribution in [1.82, 2.24) is 10.3 Å². The standard InChI is InChI=1S/C19H24N2O6/c1-19(2,3)27-18(24)21-15(16(22)17(23)26-5)12-8-6-7-11-9-10-13(25-4)20-14(11)12/h6-10,15-16,22H,1-5H3,(H,21,24)/t15-,16+/m1/s1. The number of fused-ring (bicyclic) bond motifs is 1. The average molecular weight is 376 g/mol. The van der Waals surface area contributed by atoms with E-state index in [9.17, 15) is 14.7 Å². The molecule has 1 aromatic carbocycles. The van der Waals surface area contributed by atoms with E-state index in [2.05, 4.69) is 15.0 Å². The lowest BCUT2D eigenvalue weighted by Crippen LogP contribution is -2.43. The number of aliphatic hydroxyl groups excluding tert-OH is 1. The molecular weight excluding hydrogens is 352 g/mol. The van der Waals surface area contributed by atoms with Gasteiger partial charge in [-0.3, -0.25) is 0 Å². The molecule has 2 atom stereocenters. The number of methoxy groups -OCH3 is 2. The van der Waals surface area contributed by atoms with E-state index >= 15 is 0 Å². The largest absolute Gasteiger partial charge is 0.481 e. The van der Waals surface area contributed by atoms with Gasteiger partial charge in [-0.25, -0.2) is 14.6 Å². The minimum Gasteiger partial charge on any atom is -0.481 e. The van der Waals surface area contributed by atoms with Gasteiger partial charge in [0.1, 0.15) is 5.60 Å². The Hall–Kier alpha value is -2.87. The minimum absolute atomic E-state index is 0.360. The van der Waals surface area contributed by atoms with Crippen LogP contribution < -0.4 is 10.1 Å². The number of carbonyl (C=O) groups excluding carboxylic acids is 2. The molecule has 2 N–H and O–H groups in total. The fraction of sp³-hybridized carbons (Fsp3) is 0.421. The molecule has 0 spiro atoms. The van der Waals surface area contributed by atoms with E-state index in [0.29, 0.717) is 17.0 Å². The zero-order valence-electron chi connectivity index (χ0n) is 16.0. The molecule has 0 fully saturated rings. The number of rotatable bonds is 5. The molecule has 1 aromatic heterocycles. The zero-order valence-corrected chi connectivity index (χ0v) is 16.0. The Labute approximate surface area is 157 Å². The second kappa shape index (κ2) is 8.22. The number of nitrogens with one attached hydrogen (secondary N) is 1. The van der Waals surface area contributed by atoms with E-state index in [0.717, 1.165) is 12.5 Å². The Kier molecular flexibility index (Phi) is 6.22. The number of carbonyl (C=O) groups is 2. The Bertz CT molecular complexity index is 831. The predicted octanol–water partition coefficient (Wildman–Crippen LogP) is 2.34. The summed E-state index contributed by atoms with van der Waals surface area (Å²) in [6.45, 7) is 5.13. The van der Waals surface area contributed by atoms with Crippen LogP contribution in [-0.4, -0.2) is 48.1 Å². The van der Waals surface area contributed by atoms with Crippen molar-refractivity contribution < 1.29 is 28.9 Å². The van der Waals surface area contributed by atoms with E-state index in [1.165, 1.54) is 7.11 Å². The Morgan fingerprint density at radius 2 is 1.85 bits per heavy atom. The molecule has 0 saturated carbocycles. The third-order valence-corrected chi connectivity index (χ3v) is 3.70. The Balaban J connectivity index is 2.51. The fourth-order valence-corrected chi connectivity index (χ4v) is 2.53. The van der Waals surface area contributed by atoms with Crippen LogP contribution in [0.25, 0.3) is 10.9 Å². The number of amides is 1. The molecule has 0 radical (unpaired) electrons. The van der Waals surface area contributed by atoms with Gasteiger partial charge in [0.25, 0.3) is 0 Å². The summed E-state index contributed by atoms with van der Waals surface area (Å²) >= 11 is 0. The lowest BCUT2D eigenvalue weighted by atomic mass is 9.98. The molecular formula is C19H24N2O6. The second-order valence-electron chi connectivity index (χ2n) is 6.86. The molecule has 0 saturated heterocycles. The molecule has 146 valence electrons. The first-order chi connectivity index (χ1) is 12.7. The number of pyridine rings is 1. The minimum atomic E-state index is -1.65. The van der Waals surface area contributed by atoms with Crippen LogP contribution in [-0.2, 0) is 14.3 Å². The third-order valence-electron chi connectivity index (χ3n) is 3.70. The normalized spacial score (nSPS) is 13.6. The first-order valence-corrected chi connectivity index (χ1v) is 8.35. The van der Waals surface area contributed by atoms with Gasteiger partial charge in [-0.15, -0.1) is 0 Å². The van der Waals surface area contributed by atoms with E-state index in [-0.39, 0.29) is 0 Å². The second-order valence-corrected chi connectivity index (χ2v) is 6.86. The topological polar surface area (TPSA) is 107 Å². The molecule has 0 bridgehead atoms. The van der Waals surface area contributed by atoms with Gasteiger partial charge in [0, 0.05) is 17.0 Å². The van der Waals surface area contributed by atoms with Crippen molar-refractivity contribution in [2.24, 2.45) is 0 Å². The summed E-state index contributed by atoms with van der Waals surface area (Å²) in [5.41, 5.74) is 0.154. The maximum absolute atomic E-state index is 12.3. The van der Waals surface area contributed by atoms with Gasteiger partial charge in [0.15, 0.2) is 6.10 Å². The number of benzene rings is 1. The summed E-state index contributed by atoms with van der Waals surface area (Å²) in [5.74, 6) is -0.533. The summed E-state index contributed by atoms with van der Waals surface area (Å²) in [5, 5.41) is 13.8. The van der Waals surface area contributed by atoms with Crippen molar-refractivity contribution in [2.75, 3.05) is 14.2 Å². The van der Waals surface area contributed by atoms with Crippen molar-refractivity contribution in [3.63, 3.8) is 0 Å². The van der Waals surface area contributed by atoms with Gasteiger partial charge in [-0.1, -0.05) is 18.2 Å². The van der Waals surface area contributed by atoms with Gasteiger partial charge >= 0.3 is 12.1 Å². The lowest BCUT2D eigenvalue weighted by molar-refractivity contribution is -0.152. The monoisotopic (exact) mass is 376 g/mol. The summed E-state index contributed by atoms with van der Waals surface area (Å²) in [4.78, 5) is 28.6. The van der Waals surface area contributed by atoms with Crippen molar-refractivity contribution in [2.45, 2.75) is 38.5 Å². The maximum Gasteiger partial charge on any atom is 0.408 e. The molecule has 0 aliphatic heterocycles. The molecule has 8 heteroatoms. The van der Waals surface area contributed by atoms with Gasteiger partial charge in [0.05, 0.1) is 25.8 Å². The number of nitrogens with zero attached hydrogens (tertiary/aromatic N) is 1. The Morgan fingerprint density at radius 3 is 2.44 bits per heavy atom. The van der Waals surface area contributed by atoms with Crippen molar-refractivity contribution >= 4 is 23.0 Å². The maximum atomic E-state index is 12.3. The third kappa shape index (κ3) is 5.07. The number of aromatic nitrogens is 1. The molecule has 2 rings (SSSR count). The first kappa shape index (κ1) is 20.4. The van der Waals surface area contributed by atoms with Gasteiger partial charge in [-0.05, 0) is 26.8 Å². The van der Waals surface area contributed by atoms with Gasteiger partial charge in [-0.2, -0.15) is 0 Å². The summed E-state index contributed by atoms with van der Waals surface area (Å²) in [7, 11) is 2.64. The molecule has 27 heavy (non-hydrogen) atoms. The van der Waals surface area contributed by atoms with Gasteiger partial charge in [0.2, 0.25) is 5.88 Å². The van der Waals surface area contributed by atoms with Crippen LogP contribution in [0, 0.1) is 0 Å². The van der Waals surface area contributed by atoms with Crippen molar-refractivity contribution in [3.8, 4) is 5.88 Å². The van der Waals surface area contributed by atoms with Crippen LogP contribution in [0.15, 0.2) is 30.3 Å². The Morgan fingerprint density at radius 1 is 1.15 bits per heavy atom. The van der Waals surface area contributed by atoms with Crippen LogP contribution in [0.4, 0.5) is 4.79 Å². The predicted molar refractivity (Wildman–Crippen MR) is 98.4 cm³/mol. The van der Waals surface area contributed by atoms with E-state index in [1.807, 2.05) is 6.07 Å². The molecule has 2 aromatic rings. The van der Waals surface area contributed by atoms with E-state index in [1.54, 1.807) is 45.0 Å². The highest BCUT2D eigenvalue weighted by Crippen LogP contribution is 2.28. The number of aliphatic hydroxyl groups is 1. The van der Waals surface area contributed by atoms with Crippen LogP contribution in [0.2, 0.25) is 0 Å². The van der Waals surface area contributed by atoms with Crippen LogP contribution in [0.3, 0.4) is 0 Å². The molecule has 8 nitrogen and oxygen atoms in total. The molecule has 1 heterocycles. The highest BCUT2D eigenvalue weighted by molar-refractivity contribution is 5.85. The van der Waals surface area contributed by atoms with Crippen LogP contribution in [0.1, 0.15) is 32.4 Å². The number of esters is 1. The van der Waals surface area contributed by atoms with Crippen LogP contribution >= 0.6 is 0 Å². The molecule has 0 aliphatic rings. The van der Waals surface area contributed by atoms with Crippen molar-refractivity contribution in [3.05, 3.63) is 35.9 Å². The summed E-state index contributed by atoms with van der Waals surface area (Å²) in [6, 6.07) is 7.57. The smallest absolute Gasteiger partial charge is 0.408 e. The zero-order chi connectivity index (χ0) is 20.2. The number of hydrogen-bond donors (Lipinski definition) is 2. The van der Waals surface area contributed by atoms with Crippen LogP contribution in [0.5, 0.6) is 5.88 Å². The average Bonchev–Trinajstić information content (AvgIpc) is 2.62. The van der Waals surface area contributed by atoms with Gasteiger partial charge < -0.3 is 24.6 Å².